The first-order chi connectivity index (χ1) is 6.06. The van der Waals surface area contributed by atoms with Crippen molar-refractivity contribution < 1.29 is 9.50 Å². The number of aromatic hydroxyl groups is 1. The molecule has 0 fully saturated rings. The first-order valence-corrected chi connectivity index (χ1v) is 4.41. The van der Waals surface area contributed by atoms with E-state index < -0.39 is 17.6 Å². The van der Waals surface area contributed by atoms with E-state index in [1.807, 2.05) is 0 Å². The average molecular weight is 246 g/mol. The molecule has 2 nitrogen and oxygen atoms in total. The minimum Gasteiger partial charge on any atom is -0.505 e. The number of hydrogen-bond acceptors (Lipinski definition) is 2. The van der Waals surface area contributed by atoms with Crippen LogP contribution in [-0.2, 0) is 0 Å². The average Bonchev–Trinajstić information content (AvgIpc) is 2.10. The maximum Gasteiger partial charge on any atom is 0.166 e. The molecule has 0 spiro atoms. The zero-order chi connectivity index (χ0) is 10.0. The zero-order valence-corrected chi connectivity index (χ0v) is 8.38. The summed E-state index contributed by atoms with van der Waals surface area (Å²) in [5.74, 6) is -1.11. The van der Waals surface area contributed by atoms with E-state index >= 15 is 0 Å². The van der Waals surface area contributed by atoms with Gasteiger partial charge in [0.2, 0.25) is 0 Å². The van der Waals surface area contributed by atoms with E-state index in [1.165, 1.54) is 12.1 Å². The van der Waals surface area contributed by atoms with Gasteiger partial charge in [-0.25, -0.2) is 4.39 Å². The normalized spacial score (nSPS) is 12.5. The van der Waals surface area contributed by atoms with Gasteiger partial charge in [-0.1, -0.05) is 22.0 Å². The van der Waals surface area contributed by atoms with Crippen LogP contribution < -0.4 is 5.73 Å². The minimum atomic E-state index is -0.693. The number of phenols is 1. The summed E-state index contributed by atoms with van der Waals surface area (Å²) in [4.78, 5) is 0. The largest absolute Gasteiger partial charge is 0.505 e. The highest BCUT2D eigenvalue weighted by molar-refractivity contribution is 9.10. The number of halogens is 2. The van der Waals surface area contributed by atoms with Gasteiger partial charge in [0.05, 0.1) is 6.04 Å². The molecule has 0 saturated carbocycles. The Morgan fingerprint density at radius 1 is 1.62 bits per heavy atom. The van der Waals surface area contributed by atoms with E-state index in [2.05, 4.69) is 22.5 Å². The first kappa shape index (κ1) is 10.2. The van der Waals surface area contributed by atoms with Gasteiger partial charge in [-0.05, 0) is 12.1 Å². The van der Waals surface area contributed by atoms with Crippen LogP contribution in [0, 0.1) is 5.82 Å². The summed E-state index contributed by atoms with van der Waals surface area (Å²) in [7, 11) is 0. The van der Waals surface area contributed by atoms with Crippen molar-refractivity contribution >= 4 is 15.9 Å². The van der Waals surface area contributed by atoms with Crippen molar-refractivity contribution in [3.05, 3.63) is 40.6 Å². The molecular formula is C9H9BrFNO. The summed E-state index contributed by atoms with van der Waals surface area (Å²) in [6.45, 7) is 3.46. The monoisotopic (exact) mass is 245 g/mol. The zero-order valence-electron chi connectivity index (χ0n) is 6.80. The van der Waals surface area contributed by atoms with Crippen molar-refractivity contribution in [3.8, 4) is 5.75 Å². The van der Waals surface area contributed by atoms with E-state index in [4.69, 9.17) is 5.73 Å². The Bertz CT molecular complexity index is 341. The van der Waals surface area contributed by atoms with Crippen molar-refractivity contribution in [2.45, 2.75) is 6.04 Å². The molecule has 0 radical (unpaired) electrons. The molecule has 70 valence electrons. The first-order valence-electron chi connectivity index (χ1n) is 3.62. The summed E-state index contributed by atoms with van der Waals surface area (Å²) in [5, 5.41) is 9.30. The predicted octanol–water partition coefficient (Wildman–Crippen LogP) is 2.48. The van der Waals surface area contributed by atoms with Gasteiger partial charge in [-0.3, -0.25) is 0 Å². The number of benzene rings is 1. The summed E-state index contributed by atoms with van der Waals surface area (Å²) in [5.41, 5.74) is 5.89. The summed E-state index contributed by atoms with van der Waals surface area (Å²) in [6, 6.07) is 2.17. The predicted molar refractivity (Wildman–Crippen MR) is 52.9 cm³/mol. The Kier molecular flexibility index (Phi) is 3.06. The quantitative estimate of drug-likeness (QED) is 0.787. The van der Waals surface area contributed by atoms with Crippen molar-refractivity contribution in [1.29, 1.82) is 0 Å². The van der Waals surface area contributed by atoms with Crippen molar-refractivity contribution in [2.75, 3.05) is 0 Å². The molecule has 0 aromatic heterocycles. The van der Waals surface area contributed by atoms with Gasteiger partial charge in [0, 0.05) is 10.0 Å². The molecule has 0 saturated heterocycles. The Hall–Kier alpha value is -0.870. The molecule has 1 aromatic carbocycles. The highest BCUT2D eigenvalue weighted by Gasteiger charge is 2.12. The second kappa shape index (κ2) is 3.89. The van der Waals surface area contributed by atoms with E-state index in [1.54, 1.807) is 6.07 Å². The second-order valence-electron chi connectivity index (χ2n) is 2.59. The Morgan fingerprint density at radius 3 is 2.77 bits per heavy atom. The topological polar surface area (TPSA) is 46.2 Å². The number of hydrogen-bond donors (Lipinski definition) is 2. The smallest absolute Gasteiger partial charge is 0.166 e. The third kappa shape index (κ3) is 2.08. The summed E-state index contributed by atoms with van der Waals surface area (Å²) in [6.07, 6.45) is 1.43. The van der Waals surface area contributed by atoms with Crippen LogP contribution in [-0.4, -0.2) is 5.11 Å². The van der Waals surface area contributed by atoms with Gasteiger partial charge < -0.3 is 10.8 Å². The van der Waals surface area contributed by atoms with Crippen LogP contribution in [0.2, 0.25) is 0 Å². The van der Waals surface area contributed by atoms with Crippen LogP contribution >= 0.6 is 15.9 Å². The Balaban J connectivity index is 3.27. The lowest BCUT2D eigenvalue weighted by atomic mass is 10.1. The van der Waals surface area contributed by atoms with Gasteiger partial charge in [0.15, 0.2) is 11.6 Å². The highest BCUT2D eigenvalue weighted by Crippen LogP contribution is 2.29. The number of phenolic OH excluding ortho intramolecular Hbond substituents is 1. The molecule has 0 aliphatic heterocycles. The molecule has 0 amide bonds. The Labute approximate surface area is 84.0 Å². The van der Waals surface area contributed by atoms with Crippen LogP contribution in [0.15, 0.2) is 29.3 Å². The van der Waals surface area contributed by atoms with E-state index in [-0.39, 0.29) is 0 Å². The van der Waals surface area contributed by atoms with E-state index in [9.17, 15) is 9.50 Å². The lowest BCUT2D eigenvalue weighted by molar-refractivity contribution is 0.423. The lowest BCUT2D eigenvalue weighted by Crippen LogP contribution is -2.07. The fraction of sp³-hybridized carbons (Fsp3) is 0.111. The van der Waals surface area contributed by atoms with Crippen LogP contribution in [0.5, 0.6) is 5.75 Å². The molecule has 4 heteroatoms. The SMILES string of the molecule is C=C[C@@H](N)c1cc(Br)cc(F)c1O. The van der Waals surface area contributed by atoms with Crippen molar-refractivity contribution in [3.63, 3.8) is 0 Å². The molecule has 3 N–H and O–H groups in total. The second-order valence-corrected chi connectivity index (χ2v) is 3.50. The van der Waals surface area contributed by atoms with Crippen LogP contribution in [0.25, 0.3) is 0 Å². The fourth-order valence-electron chi connectivity index (χ4n) is 0.967. The molecular weight excluding hydrogens is 237 g/mol. The Morgan fingerprint density at radius 2 is 2.23 bits per heavy atom. The summed E-state index contributed by atoms with van der Waals surface area (Å²) >= 11 is 3.10. The van der Waals surface area contributed by atoms with Gasteiger partial charge in [-0.2, -0.15) is 0 Å². The van der Waals surface area contributed by atoms with Crippen LogP contribution in [0.1, 0.15) is 11.6 Å². The molecule has 0 aliphatic rings. The fourth-order valence-corrected chi connectivity index (χ4v) is 1.41. The molecule has 0 aliphatic carbocycles. The molecule has 13 heavy (non-hydrogen) atoms. The maximum absolute atomic E-state index is 13.0. The highest BCUT2D eigenvalue weighted by atomic mass is 79.9. The van der Waals surface area contributed by atoms with Gasteiger partial charge >= 0.3 is 0 Å². The third-order valence-corrected chi connectivity index (χ3v) is 2.13. The minimum absolute atomic E-state index is 0.321. The van der Waals surface area contributed by atoms with E-state index in [0.29, 0.717) is 10.0 Å². The number of rotatable bonds is 2. The van der Waals surface area contributed by atoms with Gasteiger partial charge in [0.25, 0.3) is 0 Å². The molecule has 1 aromatic rings. The summed E-state index contributed by atoms with van der Waals surface area (Å²) < 4.78 is 13.5. The molecule has 0 heterocycles. The standard InChI is InChI=1S/C9H9BrFNO/c1-2-8(12)6-3-5(10)4-7(11)9(6)13/h2-4,8,13H,1,12H2/t8-/m1/s1. The van der Waals surface area contributed by atoms with Crippen LogP contribution in [0.3, 0.4) is 0 Å². The molecule has 1 atom stereocenters. The van der Waals surface area contributed by atoms with E-state index in [0.717, 1.165) is 0 Å². The molecule has 0 bridgehead atoms. The van der Waals surface area contributed by atoms with Gasteiger partial charge in [-0.15, -0.1) is 6.58 Å². The number of nitrogens with two attached hydrogens (primary N) is 1. The van der Waals surface area contributed by atoms with Crippen molar-refractivity contribution in [1.82, 2.24) is 0 Å². The molecule has 1 rings (SSSR count). The van der Waals surface area contributed by atoms with Crippen LogP contribution in [0.4, 0.5) is 4.39 Å². The van der Waals surface area contributed by atoms with Gasteiger partial charge in [0.1, 0.15) is 0 Å². The molecule has 0 unspecified atom stereocenters. The maximum atomic E-state index is 13.0. The van der Waals surface area contributed by atoms with Crippen molar-refractivity contribution in [2.24, 2.45) is 5.73 Å². The lowest BCUT2D eigenvalue weighted by Gasteiger charge is -2.10. The third-order valence-electron chi connectivity index (χ3n) is 1.67.